The molecule has 1 aliphatic heterocycles. The van der Waals surface area contributed by atoms with Gasteiger partial charge in [-0.1, -0.05) is 30.3 Å². The number of aromatic amines is 1. The van der Waals surface area contributed by atoms with Crippen LogP contribution in [0, 0.1) is 5.82 Å². The lowest BCUT2D eigenvalue weighted by atomic mass is 10.0. The van der Waals surface area contributed by atoms with Crippen LogP contribution in [0.1, 0.15) is 16.8 Å². The molecular weight excluding hydrogens is 303 g/mol. The van der Waals surface area contributed by atoms with E-state index in [9.17, 15) is 9.18 Å². The second-order valence-corrected chi connectivity index (χ2v) is 6.03. The average Bonchev–Trinajstić information content (AvgIpc) is 2.97. The molecule has 0 fully saturated rings. The Morgan fingerprint density at radius 1 is 1.17 bits per heavy atom. The number of benzene rings is 2. The molecule has 0 unspecified atom stereocenters. The molecule has 4 heteroatoms. The first-order valence-electron chi connectivity index (χ1n) is 8.02. The van der Waals surface area contributed by atoms with Crippen molar-refractivity contribution in [1.29, 1.82) is 0 Å². The lowest BCUT2D eigenvalue weighted by Gasteiger charge is -2.26. The summed E-state index contributed by atoms with van der Waals surface area (Å²) in [6, 6.07) is 14.5. The molecule has 1 N–H and O–H groups in total. The number of nitrogens with zero attached hydrogens (tertiary/aromatic N) is 1. The van der Waals surface area contributed by atoms with E-state index in [1.165, 1.54) is 6.07 Å². The van der Waals surface area contributed by atoms with Gasteiger partial charge in [-0.25, -0.2) is 4.39 Å². The molecular formula is C20H17FN2O. The van der Waals surface area contributed by atoms with Gasteiger partial charge in [-0.3, -0.25) is 4.79 Å². The largest absolute Gasteiger partial charge is 0.358 e. The van der Waals surface area contributed by atoms with Gasteiger partial charge in [0.2, 0.25) is 5.91 Å². The molecule has 120 valence electrons. The van der Waals surface area contributed by atoms with E-state index in [0.29, 0.717) is 13.1 Å². The molecule has 0 spiro atoms. The summed E-state index contributed by atoms with van der Waals surface area (Å²) in [5.74, 6) is -0.271. The van der Waals surface area contributed by atoms with Gasteiger partial charge < -0.3 is 9.88 Å². The molecule has 0 bridgehead atoms. The van der Waals surface area contributed by atoms with E-state index < -0.39 is 0 Å². The number of hydrogen-bond acceptors (Lipinski definition) is 1. The second-order valence-electron chi connectivity index (χ2n) is 6.03. The molecule has 1 aromatic heterocycles. The number of fused-ring (bicyclic) bond motifs is 3. The van der Waals surface area contributed by atoms with Crippen LogP contribution in [0.3, 0.4) is 0 Å². The average molecular weight is 320 g/mol. The quantitative estimate of drug-likeness (QED) is 0.714. The van der Waals surface area contributed by atoms with Crippen LogP contribution in [0.25, 0.3) is 17.0 Å². The summed E-state index contributed by atoms with van der Waals surface area (Å²) < 4.78 is 13.5. The summed E-state index contributed by atoms with van der Waals surface area (Å²) in [6.07, 6.45) is 4.19. The summed E-state index contributed by atoms with van der Waals surface area (Å²) >= 11 is 0. The molecule has 3 aromatic rings. The van der Waals surface area contributed by atoms with E-state index in [1.54, 1.807) is 23.1 Å². The van der Waals surface area contributed by atoms with E-state index in [-0.39, 0.29) is 11.7 Å². The Kier molecular flexibility index (Phi) is 3.65. The monoisotopic (exact) mass is 320 g/mol. The molecule has 0 aliphatic carbocycles. The highest BCUT2D eigenvalue weighted by Gasteiger charge is 2.23. The number of H-pyrrole nitrogens is 1. The van der Waals surface area contributed by atoms with Crippen molar-refractivity contribution >= 4 is 22.9 Å². The van der Waals surface area contributed by atoms with Crippen molar-refractivity contribution in [3.63, 3.8) is 0 Å². The number of rotatable bonds is 2. The highest BCUT2D eigenvalue weighted by atomic mass is 19.1. The summed E-state index contributed by atoms with van der Waals surface area (Å²) in [5.41, 5.74) is 4.05. The van der Waals surface area contributed by atoms with E-state index in [4.69, 9.17) is 0 Å². The number of aromatic nitrogens is 1. The predicted molar refractivity (Wildman–Crippen MR) is 92.9 cm³/mol. The maximum atomic E-state index is 13.5. The van der Waals surface area contributed by atoms with Gasteiger partial charge in [0.25, 0.3) is 0 Å². The summed E-state index contributed by atoms with van der Waals surface area (Å²) in [7, 11) is 0. The Hall–Kier alpha value is -2.88. The topological polar surface area (TPSA) is 36.1 Å². The fraction of sp³-hybridized carbons (Fsp3) is 0.150. The molecule has 2 heterocycles. The molecule has 4 rings (SSSR count). The minimum Gasteiger partial charge on any atom is -0.358 e. The fourth-order valence-electron chi connectivity index (χ4n) is 3.21. The molecule has 3 nitrogen and oxygen atoms in total. The van der Waals surface area contributed by atoms with Crippen LogP contribution in [0.4, 0.5) is 4.39 Å². The number of hydrogen-bond donors (Lipinski definition) is 1. The standard InChI is InChI=1S/C20H17FN2O/c21-15-7-8-18-16(12-15)17-13-23(11-10-19(17)22-18)20(24)9-6-14-4-2-1-3-5-14/h1-9,12,22H,10-11,13H2. The van der Waals surface area contributed by atoms with Crippen molar-refractivity contribution in [2.24, 2.45) is 0 Å². The predicted octanol–water partition coefficient (Wildman–Crippen LogP) is 3.91. The summed E-state index contributed by atoms with van der Waals surface area (Å²) in [4.78, 5) is 17.6. The van der Waals surface area contributed by atoms with Crippen molar-refractivity contribution in [2.45, 2.75) is 13.0 Å². The Morgan fingerprint density at radius 2 is 2.00 bits per heavy atom. The third-order valence-electron chi connectivity index (χ3n) is 4.47. The highest BCUT2D eigenvalue weighted by Crippen LogP contribution is 2.28. The molecule has 24 heavy (non-hydrogen) atoms. The first-order chi connectivity index (χ1) is 11.7. The molecule has 2 aromatic carbocycles. The first kappa shape index (κ1) is 14.7. The van der Waals surface area contributed by atoms with Crippen LogP contribution in [0.5, 0.6) is 0 Å². The summed E-state index contributed by atoms with van der Waals surface area (Å²) in [5, 5.41) is 0.870. The lowest BCUT2D eigenvalue weighted by molar-refractivity contribution is -0.126. The van der Waals surface area contributed by atoms with Gasteiger partial charge in [0.05, 0.1) is 0 Å². The Labute approximate surface area is 139 Å². The zero-order chi connectivity index (χ0) is 16.5. The molecule has 0 atom stereocenters. The Balaban J connectivity index is 1.57. The SMILES string of the molecule is O=C(C=Cc1ccccc1)N1CCc2[nH]c3ccc(F)cc3c2C1. The van der Waals surface area contributed by atoms with Gasteiger partial charge >= 0.3 is 0 Å². The van der Waals surface area contributed by atoms with Crippen LogP contribution in [0.2, 0.25) is 0 Å². The number of amides is 1. The number of carbonyl (C=O) groups is 1. The molecule has 0 radical (unpaired) electrons. The van der Waals surface area contributed by atoms with Crippen LogP contribution in [-0.2, 0) is 17.8 Å². The van der Waals surface area contributed by atoms with E-state index in [1.807, 2.05) is 36.4 Å². The maximum absolute atomic E-state index is 13.5. The van der Waals surface area contributed by atoms with Gasteiger partial charge in [0.15, 0.2) is 0 Å². The van der Waals surface area contributed by atoms with Crippen LogP contribution in [0.15, 0.2) is 54.6 Å². The first-order valence-corrected chi connectivity index (χ1v) is 8.02. The van der Waals surface area contributed by atoms with Gasteiger partial charge in [-0.05, 0) is 29.8 Å². The molecule has 0 saturated carbocycles. The lowest BCUT2D eigenvalue weighted by Crippen LogP contribution is -2.34. The van der Waals surface area contributed by atoms with E-state index in [0.717, 1.165) is 34.1 Å². The third-order valence-corrected chi connectivity index (χ3v) is 4.47. The molecule has 1 amide bonds. The zero-order valence-electron chi connectivity index (χ0n) is 13.1. The Bertz CT molecular complexity index is 927. The van der Waals surface area contributed by atoms with Crippen molar-refractivity contribution in [3.8, 4) is 0 Å². The van der Waals surface area contributed by atoms with Gasteiger partial charge in [-0.15, -0.1) is 0 Å². The minimum absolute atomic E-state index is 0.0183. The van der Waals surface area contributed by atoms with E-state index >= 15 is 0 Å². The van der Waals surface area contributed by atoms with Gasteiger partial charge in [-0.2, -0.15) is 0 Å². The second kappa shape index (κ2) is 5.96. The third kappa shape index (κ3) is 2.71. The van der Waals surface area contributed by atoms with Crippen LogP contribution < -0.4 is 0 Å². The van der Waals surface area contributed by atoms with Crippen LogP contribution in [-0.4, -0.2) is 22.3 Å². The Morgan fingerprint density at radius 3 is 2.83 bits per heavy atom. The molecule has 0 saturated heterocycles. The fourth-order valence-corrected chi connectivity index (χ4v) is 3.21. The van der Waals surface area contributed by atoms with Crippen LogP contribution >= 0.6 is 0 Å². The smallest absolute Gasteiger partial charge is 0.246 e. The van der Waals surface area contributed by atoms with Crippen molar-refractivity contribution < 1.29 is 9.18 Å². The van der Waals surface area contributed by atoms with E-state index in [2.05, 4.69) is 4.98 Å². The van der Waals surface area contributed by atoms with Gasteiger partial charge in [0.1, 0.15) is 5.82 Å². The van der Waals surface area contributed by atoms with Gasteiger partial charge in [0, 0.05) is 47.7 Å². The number of halogens is 1. The zero-order valence-corrected chi connectivity index (χ0v) is 13.1. The summed E-state index contributed by atoms with van der Waals surface area (Å²) in [6.45, 7) is 1.18. The highest BCUT2D eigenvalue weighted by molar-refractivity contribution is 5.93. The normalized spacial score (nSPS) is 14.3. The number of nitrogens with one attached hydrogen (secondary N) is 1. The maximum Gasteiger partial charge on any atom is 0.246 e. The number of carbonyl (C=O) groups excluding carboxylic acids is 1. The van der Waals surface area contributed by atoms with Crippen molar-refractivity contribution in [2.75, 3.05) is 6.54 Å². The van der Waals surface area contributed by atoms with Crippen molar-refractivity contribution in [3.05, 3.63) is 77.2 Å². The minimum atomic E-state index is -0.253. The van der Waals surface area contributed by atoms with Crippen molar-refractivity contribution in [1.82, 2.24) is 9.88 Å². The molecule has 1 aliphatic rings.